The Bertz CT molecular complexity index is 925. The van der Waals surface area contributed by atoms with Gasteiger partial charge < -0.3 is 14.8 Å². The molecule has 0 aromatic heterocycles. The second kappa shape index (κ2) is 10.9. The summed E-state index contributed by atoms with van der Waals surface area (Å²) < 4.78 is 11.0. The third-order valence-corrected chi connectivity index (χ3v) is 5.19. The molecule has 1 aliphatic rings. The van der Waals surface area contributed by atoms with Gasteiger partial charge in [-0.1, -0.05) is 32.9 Å². The van der Waals surface area contributed by atoms with Crippen LogP contribution in [0.5, 0.6) is 5.75 Å². The first-order chi connectivity index (χ1) is 15.3. The molecule has 32 heavy (non-hydrogen) atoms. The lowest BCUT2D eigenvalue weighted by atomic mass is 9.87. The molecule has 7 heteroatoms. The van der Waals surface area contributed by atoms with Crippen molar-refractivity contribution in [2.45, 2.75) is 45.1 Å². The first-order valence-electron chi connectivity index (χ1n) is 10.9. The van der Waals surface area contributed by atoms with Crippen molar-refractivity contribution in [2.75, 3.05) is 19.8 Å². The Labute approximate surface area is 189 Å². The van der Waals surface area contributed by atoms with Crippen LogP contribution in [-0.4, -0.2) is 43.9 Å². The van der Waals surface area contributed by atoms with Gasteiger partial charge in [0.15, 0.2) is 6.61 Å². The average molecular weight is 438 g/mol. The third kappa shape index (κ3) is 7.20. The number of nitrogens with one attached hydrogen (secondary N) is 2. The number of nitrogens with zero attached hydrogens (tertiary/aromatic N) is 1. The number of rotatable bonds is 8. The second-order valence-electron chi connectivity index (χ2n) is 8.82. The minimum absolute atomic E-state index is 0.0389. The van der Waals surface area contributed by atoms with Crippen LogP contribution in [0.1, 0.15) is 55.1 Å². The van der Waals surface area contributed by atoms with E-state index in [4.69, 9.17) is 9.47 Å². The summed E-state index contributed by atoms with van der Waals surface area (Å²) in [5.74, 6) is 0.137. The quantitative estimate of drug-likeness (QED) is 0.489. The van der Waals surface area contributed by atoms with Crippen molar-refractivity contribution in [1.29, 1.82) is 0 Å². The van der Waals surface area contributed by atoms with E-state index in [1.54, 1.807) is 42.6 Å². The molecule has 1 saturated heterocycles. The minimum Gasteiger partial charge on any atom is -0.484 e. The zero-order valence-corrected chi connectivity index (χ0v) is 18.9. The summed E-state index contributed by atoms with van der Waals surface area (Å²) in [4.78, 5) is 24.1. The lowest BCUT2D eigenvalue weighted by molar-refractivity contribution is -0.123. The van der Waals surface area contributed by atoms with E-state index in [1.807, 2.05) is 12.1 Å². The van der Waals surface area contributed by atoms with Crippen molar-refractivity contribution in [3.63, 3.8) is 0 Å². The third-order valence-electron chi connectivity index (χ3n) is 5.19. The highest BCUT2D eigenvalue weighted by atomic mass is 16.5. The Kier molecular flexibility index (Phi) is 8.00. The van der Waals surface area contributed by atoms with Gasteiger partial charge in [0.1, 0.15) is 5.75 Å². The van der Waals surface area contributed by atoms with E-state index in [9.17, 15) is 9.59 Å². The molecule has 7 nitrogen and oxygen atoms in total. The number of carbonyl (C=O) groups excluding carboxylic acids is 2. The summed E-state index contributed by atoms with van der Waals surface area (Å²) in [6.07, 6.45) is 3.69. The fourth-order valence-electron chi connectivity index (χ4n) is 3.23. The van der Waals surface area contributed by atoms with Gasteiger partial charge in [0.25, 0.3) is 11.8 Å². The highest BCUT2D eigenvalue weighted by molar-refractivity contribution is 5.94. The van der Waals surface area contributed by atoms with Crippen LogP contribution in [0, 0.1) is 0 Å². The molecular weight excluding hydrogens is 406 g/mol. The maximum absolute atomic E-state index is 12.2. The molecule has 3 rings (SSSR count). The van der Waals surface area contributed by atoms with Crippen LogP contribution < -0.4 is 15.5 Å². The van der Waals surface area contributed by atoms with E-state index in [0.29, 0.717) is 17.9 Å². The number of ether oxygens (including phenoxy) is 2. The molecule has 0 aliphatic carbocycles. The van der Waals surface area contributed by atoms with Crippen molar-refractivity contribution in [1.82, 2.24) is 10.7 Å². The smallest absolute Gasteiger partial charge is 0.271 e. The minimum atomic E-state index is -0.268. The number of amides is 2. The number of carbonyl (C=O) groups is 2. The summed E-state index contributed by atoms with van der Waals surface area (Å²) in [5.41, 5.74) is 5.09. The van der Waals surface area contributed by atoms with E-state index in [2.05, 4.69) is 36.6 Å². The molecule has 1 heterocycles. The number of hydrogen-bond acceptors (Lipinski definition) is 5. The Morgan fingerprint density at radius 2 is 1.84 bits per heavy atom. The van der Waals surface area contributed by atoms with Gasteiger partial charge in [0.05, 0.1) is 12.3 Å². The monoisotopic (exact) mass is 437 g/mol. The van der Waals surface area contributed by atoms with E-state index >= 15 is 0 Å². The molecular formula is C25H31N3O4. The topological polar surface area (TPSA) is 89.0 Å². The lowest BCUT2D eigenvalue weighted by Gasteiger charge is -2.18. The van der Waals surface area contributed by atoms with Gasteiger partial charge in [0, 0.05) is 18.7 Å². The van der Waals surface area contributed by atoms with E-state index < -0.39 is 0 Å². The van der Waals surface area contributed by atoms with Crippen LogP contribution in [0.25, 0.3) is 0 Å². The maximum atomic E-state index is 12.2. The van der Waals surface area contributed by atoms with Crippen molar-refractivity contribution < 1.29 is 19.1 Å². The summed E-state index contributed by atoms with van der Waals surface area (Å²) in [6, 6.07) is 14.6. The fourth-order valence-corrected chi connectivity index (χ4v) is 3.23. The molecule has 2 aromatic carbocycles. The summed E-state index contributed by atoms with van der Waals surface area (Å²) >= 11 is 0. The Morgan fingerprint density at radius 3 is 2.47 bits per heavy atom. The Balaban J connectivity index is 1.41. The zero-order valence-electron chi connectivity index (χ0n) is 18.9. The van der Waals surface area contributed by atoms with Crippen LogP contribution in [0.15, 0.2) is 53.6 Å². The predicted octanol–water partition coefficient (Wildman–Crippen LogP) is 3.42. The summed E-state index contributed by atoms with van der Waals surface area (Å²) in [6.45, 7) is 7.62. The fraction of sp³-hybridized carbons (Fsp3) is 0.400. The van der Waals surface area contributed by atoms with Gasteiger partial charge in [-0.2, -0.15) is 5.10 Å². The number of hydrazone groups is 1. The molecule has 2 amide bonds. The molecule has 0 radical (unpaired) electrons. The van der Waals surface area contributed by atoms with E-state index in [1.165, 1.54) is 5.56 Å². The van der Waals surface area contributed by atoms with Crippen molar-refractivity contribution in [3.05, 3.63) is 65.2 Å². The van der Waals surface area contributed by atoms with Crippen molar-refractivity contribution in [2.24, 2.45) is 5.10 Å². The Morgan fingerprint density at radius 1 is 1.12 bits per heavy atom. The predicted molar refractivity (Wildman–Crippen MR) is 124 cm³/mol. The average Bonchev–Trinajstić information content (AvgIpc) is 3.30. The highest BCUT2D eigenvalue weighted by Crippen LogP contribution is 2.22. The molecule has 1 fully saturated rings. The Hall–Kier alpha value is -3.19. The standard InChI is InChI=1S/C25H31N3O4/c1-25(2,3)20-10-8-19(9-11-20)24(30)28-27-15-18-6-12-21(13-7-18)32-17-23(29)26-16-22-5-4-14-31-22/h6-13,15,22H,4-5,14,16-17H2,1-3H3,(H,26,29)(H,28,30)/b27-15-/t22-/m0/s1. The first-order valence-corrected chi connectivity index (χ1v) is 10.9. The van der Waals surface area contributed by atoms with E-state index in [0.717, 1.165) is 25.0 Å². The van der Waals surface area contributed by atoms with Gasteiger partial charge >= 0.3 is 0 Å². The van der Waals surface area contributed by atoms with Gasteiger partial charge in [-0.25, -0.2) is 5.43 Å². The molecule has 2 aromatic rings. The molecule has 0 spiro atoms. The molecule has 0 bridgehead atoms. The van der Waals surface area contributed by atoms with Crippen LogP contribution in [-0.2, 0) is 14.9 Å². The molecule has 2 N–H and O–H groups in total. The molecule has 0 saturated carbocycles. The molecule has 1 atom stereocenters. The van der Waals surface area contributed by atoms with Crippen LogP contribution >= 0.6 is 0 Å². The zero-order chi connectivity index (χ0) is 23.0. The van der Waals surface area contributed by atoms with Crippen LogP contribution in [0.3, 0.4) is 0 Å². The summed E-state index contributed by atoms with van der Waals surface area (Å²) in [5, 5.41) is 6.83. The number of benzene rings is 2. The lowest BCUT2D eigenvalue weighted by Crippen LogP contribution is -2.35. The van der Waals surface area contributed by atoms with Gasteiger partial charge in [-0.05, 0) is 65.8 Å². The molecule has 1 aliphatic heterocycles. The van der Waals surface area contributed by atoms with Crippen molar-refractivity contribution >= 4 is 18.0 Å². The second-order valence-corrected chi connectivity index (χ2v) is 8.82. The highest BCUT2D eigenvalue weighted by Gasteiger charge is 2.16. The normalized spacial score (nSPS) is 16.2. The van der Waals surface area contributed by atoms with Crippen LogP contribution in [0.4, 0.5) is 0 Å². The van der Waals surface area contributed by atoms with Crippen LogP contribution in [0.2, 0.25) is 0 Å². The van der Waals surface area contributed by atoms with Gasteiger partial charge in [-0.3, -0.25) is 9.59 Å². The number of hydrogen-bond donors (Lipinski definition) is 2. The van der Waals surface area contributed by atoms with Gasteiger partial charge in [0.2, 0.25) is 0 Å². The molecule has 170 valence electrons. The first kappa shape index (κ1) is 23.5. The largest absolute Gasteiger partial charge is 0.484 e. The summed E-state index contributed by atoms with van der Waals surface area (Å²) in [7, 11) is 0. The van der Waals surface area contributed by atoms with Crippen molar-refractivity contribution in [3.8, 4) is 5.75 Å². The van der Waals surface area contributed by atoms with E-state index in [-0.39, 0.29) is 29.9 Å². The SMILES string of the molecule is CC(C)(C)c1ccc(C(=O)N/N=C\c2ccc(OCC(=O)NC[C@@H]3CCCO3)cc2)cc1. The van der Waals surface area contributed by atoms with Gasteiger partial charge in [-0.15, -0.1) is 0 Å². The maximum Gasteiger partial charge on any atom is 0.271 e. The molecule has 0 unspecified atom stereocenters.